The van der Waals surface area contributed by atoms with E-state index in [1.54, 1.807) is 6.08 Å². The molecular weight excluding hydrogens is 927 g/mol. The van der Waals surface area contributed by atoms with Gasteiger partial charge in [0.15, 0.2) is 18.9 Å². The summed E-state index contributed by atoms with van der Waals surface area (Å²) in [6.45, 7) is 1.62. The zero-order chi connectivity index (χ0) is 52.0. The number of nitrogens with one attached hydrogen (secondary N) is 1. The minimum absolute atomic E-state index is 0.233. The smallest absolute Gasteiger partial charge is 0.220 e. The molecule has 3 heterocycles. The molecule has 17 atom stereocenters. The van der Waals surface area contributed by atoms with Gasteiger partial charge in [0.05, 0.1) is 38.6 Å². The maximum Gasteiger partial charge on any atom is 0.220 e. The van der Waals surface area contributed by atoms with E-state index in [-0.39, 0.29) is 18.9 Å². The van der Waals surface area contributed by atoms with E-state index < -0.39 is 124 Å². The molecule has 3 saturated heterocycles. The van der Waals surface area contributed by atoms with E-state index in [1.807, 2.05) is 6.08 Å². The normalized spacial score (nSPS) is 32.4. The number of unbranched alkanes of at least 4 members (excludes halogenated alkanes) is 20. The van der Waals surface area contributed by atoms with Crippen LogP contribution >= 0.6 is 0 Å². The average molecular weight is 1020 g/mol. The molecule has 3 aliphatic rings. The van der Waals surface area contributed by atoms with Gasteiger partial charge < -0.3 is 89.9 Å². The zero-order valence-electron chi connectivity index (χ0n) is 42.7. The van der Waals surface area contributed by atoms with Crippen molar-refractivity contribution in [2.24, 2.45) is 0 Å². The Bertz CT molecular complexity index is 1410. The third-order valence-electron chi connectivity index (χ3n) is 13.7. The fourth-order valence-corrected chi connectivity index (χ4v) is 9.19. The van der Waals surface area contributed by atoms with Crippen LogP contribution in [0, 0.1) is 0 Å². The lowest BCUT2D eigenvalue weighted by Crippen LogP contribution is -2.66. The number of carbonyl (C=O) groups is 1. The Morgan fingerprint density at radius 1 is 0.493 bits per heavy atom. The Balaban J connectivity index is 1.55. The fraction of sp³-hybridized carbons (Fsp3) is 0.904. The first kappa shape index (κ1) is 63.6. The second-order valence-electron chi connectivity index (χ2n) is 19.7. The molecule has 71 heavy (non-hydrogen) atoms. The molecule has 0 aliphatic carbocycles. The molecule has 19 nitrogen and oxygen atoms in total. The van der Waals surface area contributed by atoms with Crippen molar-refractivity contribution in [3.63, 3.8) is 0 Å². The number of allylic oxidation sites excluding steroid dienone is 3. The number of amides is 1. The molecule has 0 saturated carbocycles. The summed E-state index contributed by atoms with van der Waals surface area (Å²) in [4.78, 5) is 13.2. The molecule has 0 aromatic rings. The third-order valence-corrected chi connectivity index (χ3v) is 13.7. The van der Waals surface area contributed by atoms with Gasteiger partial charge in [0.25, 0.3) is 0 Å². The topological polar surface area (TPSA) is 307 Å². The highest BCUT2D eigenvalue weighted by atomic mass is 16.8. The van der Waals surface area contributed by atoms with Crippen LogP contribution in [0.2, 0.25) is 0 Å². The monoisotopic (exact) mass is 1020 g/mol. The molecule has 0 radical (unpaired) electrons. The van der Waals surface area contributed by atoms with E-state index in [1.165, 1.54) is 70.6 Å². The van der Waals surface area contributed by atoms with Crippen molar-refractivity contribution in [2.45, 2.75) is 272 Å². The van der Waals surface area contributed by atoms with Crippen molar-refractivity contribution in [3.8, 4) is 0 Å². The van der Waals surface area contributed by atoms with Crippen molar-refractivity contribution in [1.29, 1.82) is 0 Å². The van der Waals surface area contributed by atoms with Gasteiger partial charge in [-0.3, -0.25) is 4.79 Å². The number of aliphatic hydroxyl groups excluding tert-OH is 11. The first-order valence-corrected chi connectivity index (χ1v) is 27.1. The standard InChI is InChI=1S/C52H95NO18/c1-3-5-7-9-11-13-15-16-17-18-19-20-21-23-25-27-29-36(57)35(53-40(58)30-28-26-24-22-14-12-10-8-6-4-2)34-66-50-46(64)43(61)48(38(32-55)68-50)71-52-47(65)44(62)49(39(33-56)69-52)70-51-45(63)42(60)41(59)37(31-54)67-51/h8,10,27,29,35-39,41-52,54-57,59-65H,3-7,9,11-26,28,30-34H2,1-2H3,(H,53,58)/b10-8-,29-27+. The Hall–Kier alpha value is -1.73. The van der Waals surface area contributed by atoms with Crippen LogP contribution in [-0.2, 0) is 33.2 Å². The maximum absolute atomic E-state index is 13.2. The van der Waals surface area contributed by atoms with Gasteiger partial charge in [0, 0.05) is 6.42 Å². The van der Waals surface area contributed by atoms with E-state index in [4.69, 9.17) is 28.4 Å². The van der Waals surface area contributed by atoms with Crippen molar-refractivity contribution in [3.05, 3.63) is 24.3 Å². The minimum Gasteiger partial charge on any atom is -0.394 e. The van der Waals surface area contributed by atoms with Gasteiger partial charge in [-0.25, -0.2) is 0 Å². The Morgan fingerprint density at radius 2 is 0.915 bits per heavy atom. The van der Waals surface area contributed by atoms with E-state index in [0.717, 1.165) is 70.6 Å². The van der Waals surface area contributed by atoms with Gasteiger partial charge in [-0.05, 0) is 38.5 Å². The summed E-state index contributed by atoms with van der Waals surface area (Å²) >= 11 is 0. The predicted molar refractivity (Wildman–Crippen MR) is 263 cm³/mol. The molecule has 0 bridgehead atoms. The van der Waals surface area contributed by atoms with Crippen molar-refractivity contribution >= 4 is 5.91 Å². The molecule has 17 unspecified atom stereocenters. The molecule has 416 valence electrons. The van der Waals surface area contributed by atoms with E-state index in [2.05, 4.69) is 31.3 Å². The molecule has 3 fully saturated rings. The van der Waals surface area contributed by atoms with Crippen LogP contribution in [0.4, 0.5) is 0 Å². The number of carbonyl (C=O) groups excluding carboxylic acids is 1. The largest absolute Gasteiger partial charge is 0.394 e. The molecule has 12 N–H and O–H groups in total. The van der Waals surface area contributed by atoms with Gasteiger partial charge in [0.2, 0.25) is 5.91 Å². The molecule has 0 aromatic heterocycles. The van der Waals surface area contributed by atoms with E-state index in [9.17, 15) is 61.0 Å². The van der Waals surface area contributed by atoms with Gasteiger partial charge in [-0.2, -0.15) is 0 Å². The zero-order valence-corrected chi connectivity index (χ0v) is 42.7. The quantitative estimate of drug-likeness (QED) is 0.0313. The maximum atomic E-state index is 13.2. The summed E-state index contributed by atoms with van der Waals surface area (Å²) in [6, 6.07) is -0.972. The molecule has 3 aliphatic heterocycles. The van der Waals surface area contributed by atoms with Crippen LogP contribution in [0.1, 0.15) is 168 Å². The molecule has 0 spiro atoms. The molecule has 0 aromatic carbocycles. The third kappa shape index (κ3) is 22.6. The highest BCUT2D eigenvalue weighted by molar-refractivity contribution is 5.76. The summed E-state index contributed by atoms with van der Waals surface area (Å²) in [5.74, 6) is -0.289. The number of hydrogen-bond acceptors (Lipinski definition) is 18. The summed E-state index contributed by atoms with van der Waals surface area (Å²) in [5, 5.41) is 120. The second-order valence-corrected chi connectivity index (χ2v) is 19.7. The average Bonchev–Trinajstić information content (AvgIpc) is 3.36. The fourth-order valence-electron chi connectivity index (χ4n) is 9.19. The van der Waals surface area contributed by atoms with Crippen molar-refractivity contribution in [1.82, 2.24) is 5.32 Å². The van der Waals surface area contributed by atoms with Gasteiger partial charge in [-0.1, -0.05) is 147 Å². The predicted octanol–water partition coefficient (Wildman–Crippen LogP) is 2.81. The number of rotatable bonds is 38. The van der Waals surface area contributed by atoms with Crippen LogP contribution in [0.15, 0.2) is 24.3 Å². The van der Waals surface area contributed by atoms with Crippen molar-refractivity contribution in [2.75, 3.05) is 26.4 Å². The van der Waals surface area contributed by atoms with Crippen LogP contribution < -0.4 is 5.32 Å². The Morgan fingerprint density at radius 3 is 1.42 bits per heavy atom. The number of aliphatic hydroxyl groups is 11. The molecule has 19 heteroatoms. The van der Waals surface area contributed by atoms with E-state index >= 15 is 0 Å². The van der Waals surface area contributed by atoms with Crippen LogP contribution in [-0.4, -0.2) is 193 Å². The van der Waals surface area contributed by atoms with Crippen molar-refractivity contribution < 1.29 is 89.4 Å². The minimum atomic E-state index is -1.98. The van der Waals surface area contributed by atoms with Crippen LogP contribution in [0.25, 0.3) is 0 Å². The summed E-state index contributed by atoms with van der Waals surface area (Å²) in [5.41, 5.74) is 0. The lowest BCUT2D eigenvalue weighted by molar-refractivity contribution is -0.379. The van der Waals surface area contributed by atoms with Gasteiger partial charge >= 0.3 is 0 Å². The highest BCUT2D eigenvalue weighted by Gasteiger charge is 2.53. The van der Waals surface area contributed by atoms with E-state index in [0.29, 0.717) is 6.42 Å². The number of hydrogen-bond donors (Lipinski definition) is 12. The molecule has 3 rings (SSSR count). The highest BCUT2D eigenvalue weighted by Crippen LogP contribution is 2.33. The van der Waals surface area contributed by atoms with Crippen LogP contribution in [0.3, 0.4) is 0 Å². The lowest BCUT2D eigenvalue weighted by atomic mass is 9.96. The van der Waals surface area contributed by atoms with Gasteiger partial charge in [-0.15, -0.1) is 0 Å². The lowest BCUT2D eigenvalue weighted by Gasteiger charge is -2.48. The SMILES string of the molecule is CCC/C=C\CCCCCCCC(=O)NC(COC1OC(CO)C(OC2OC(CO)C(OC3OC(CO)C(O)C(O)C3O)C(O)C2O)C(O)C1O)C(O)/C=C/CCCCCCCCCCCCCCCC. The Labute approximate surface area is 422 Å². The number of ether oxygens (including phenoxy) is 6. The molecule has 1 amide bonds. The molecular formula is C52H95NO18. The van der Waals surface area contributed by atoms with Gasteiger partial charge in [0.1, 0.15) is 73.2 Å². The first-order valence-electron chi connectivity index (χ1n) is 27.1. The summed E-state index contributed by atoms with van der Waals surface area (Å²) in [7, 11) is 0. The summed E-state index contributed by atoms with van der Waals surface area (Å²) in [6.07, 6.45) is 7.55. The Kier molecular flexibility index (Phi) is 33.2. The first-order chi connectivity index (χ1) is 34.3. The summed E-state index contributed by atoms with van der Waals surface area (Å²) < 4.78 is 34.1. The second kappa shape index (κ2) is 37.1. The van der Waals surface area contributed by atoms with Crippen LogP contribution in [0.5, 0.6) is 0 Å².